The molecule has 1 atom stereocenters. The second kappa shape index (κ2) is 7.62. The van der Waals surface area contributed by atoms with Crippen molar-refractivity contribution in [3.63, 3.8) is 0 Å². The fourth-order valence-electron chi connectivity index (χ4n) is 1.76. The molecule has 1 N–H and O–H groups in total. The van der Waals surface area contributed by atoms with E-state index in [9.17, 15) is 18.5 Å². The summed E-state index contributed by atoms with van der Waals surface area (Å²) in [5.41, 5.74) is 0.157. The molecule has 9 heteroatoms. The Bertz CT molecular complexity index is 762. The van der Waals surface area contributed by atoms with Crippen LogP contribution in [0.4, 0.5) is 4.39 Å². The molecule has 23 heavy (non-hydrogen) atoms. The van der Waals surface area contributed by atoms with Gasteiger partial charge in [-0.15, -0.1) is 0 Å². The van der Waals surface area contributed by atoms with E-state index in [0.717, 1.165) is 17.3 Å². The van der Waals surface area contributed by atoms with Crippen molar-refractivity contribution in [2.75, 3.05) is 6.26 Å². The van der Waals surface area contributed by atoms with E-state index in [2.05, 4.69) is 4.98 Å². The maximum atomic E-state index is 12.9. The summed E-state index contributed by atoms with van der Waals surface area (Å²) in [6.07, 6.45) is 2.58. The second-order valence-electron chi connectivity index (χ2n) is 4.58. The van der Waals surface area contributed by atoms with Gasteiger partial charge in [0.05, 0.1) is 6.20 Å². The number of carbonyl (C=O) groups is 1. The normalized spacial score (nSPS) is 12.1. The quantitative estimate of drug-likeness (QED) is 0.479. The number of carboxylic acid groups (broad SMARTS) is 1. The Kier molecular flexibility index (Phi) is 5.80. The molecule has 0 aliphatic rings. The van der Waals surface area contributed by atoms with Crippen LogP contribution in [0.5, 0.6) is 0 Å². The van der Waals surface area contributed by atoms with Crippen molar-refractivity contribution >= 4 is 28.9 Å². The number of aliphatic carboxylic acids is 1. The maximum Gasteiger partial charge on any atom is 0.329 e. The summed E-state index contributed by atoms with van der Waals surface area (Å²) in [5.74, 6) is -1.07. The van der Waals surface area contributed by atoms with Gasteiger partial charge in [-0.3, -0.25) is 9.59 Å². The number of nitrogens with zero attached hydrogens (tertiary/aromatic N) is 2. The number of rotatable bonds is 6. The van der Waals surface area contributed by atoms with E-state index < -0.39 is 29.2 Å². The Labute approximate surface area is 138 Å². The van der Waals surface area contributed by atoms with E-state index in [4.69, 9.17) is 5.11 Å². The number of halogens is 1. The van der Waals surface area contributed by atoms with Crippen LogP contribution in [0.1, 0.15) is 5.56 Å². The Hall–Kier alpha value is -1.84. The third kappa shape index (κ3) is 4.81. The molecular weight excluding hydrogens is 343 g/mol. The highest BCUT2D eigenvalue weighted by Crippen LogP contribution is 2.21. The number of carboxylic acids is 1. The number of hydrogen-bond donors (Lipinski definition) is 1. The van der Waals surface area contributed by atoms with Crippen LogP contribution in [0.25, 0.3) is 0 Å². The highest BCUT2D eigenvalue weighted by molar-refractivity contribution is 7.98. The maximum absolute atomic E-state index is 12.9. The summed E-state index contributed by atoms with van der Waals surface area (Å²) in [7, 11) is 0. The number of aromatic nitrogens is 2. The van der Waals surface area contributed by atoms with Crippen molar-refractivity contribution in [3.8, 4) is 0 Å². The summed E-state index contributed by atoms with van der Waals surface area (Å²) in [6, 6.07) is 5.82. The van der Waals surface area contributed by atoms with E-state index in [0.29, 0.717) is 5.75 Å². The van der Waals surface area contributed by atoms with Gasteiger partial charge in [0.2, 0.25) is 4.90 Å². The molecule has 1 aromatic carbocycles. The zero-order valence-electron chi connectivity index (χ0n) is 12.1. The molecule has 0 amide bonds. The van der Waals surface area contributed by atoms with Crippen molar-refractivity contribution in [1.82, 2.24) is 9.55 Å². The molecule has 6 nitrogen and oxygen atoms in total. The molecular formula is C14H13FN2O4S2. The standard InChI is InChI=1S/C14H13FN2O4S2/c1-23(21)11-6-17(7-12(18)19)14(16-13(11)20)22-8-9-2-4-10(15)5-3-9/h2-6H,7-8H2,1H3,(H,18,19). The van der Waals surface area contributed by atoms with E-state index in [-0.39, 0.29) is 15.9 Å². The first-order valence-corrected chi connectivity index (χ1v) is 8.95. The molecule has 0 bridgehead atoms. The molecule has 2 aromatic rings. The lowest BCUT2D eigenvalue weighted by molar-refractivity contribution is -0.137. The molecule has 0 saturated heterocycles. The highest BCUT2D eigenvalue weighted by Gasteiger charge is 2.17. The summed E-state index contributed by atoms with van der Waals surface area (Å²) in [5, 5.41) is 9.16. The third-order valence-electron chi connectivity index (χ3n) is 2.82. The van der Waals surface area contributed by atoms with Crippen molar-refractivity contribution in [2.45, 2.75) is 22.3 Å². The summed E-state index contributed by atoms with van der Waals surface area (Å²) in [4.78, 5) is 26.6. The molecule has 0 fully saturated rings. The van der Waals surface area contributed by atoms with Gasteiger partial charge in [0.1, 0.15) is 18.6 Å². The van der Waals surface area contributed by atoms with Crippen molar-refractivity contribution < 1.29 is 18.8 Å². The lowest BCUT2D eigenvalue weighted by atomic mass is 10.2. The lowest BCUT2D eigenvalue weighted by Gasteiger charge is -2.12. The first-order valence-electron chi connectivity index (χ1n) is 6.41. The van der Waals surface area contributed by atoms with Crippen LogP contribution in [0.15, 0.2) is 45.3 Å². The van der Waals surface area contributed by atoms with Gasteiger partial charge < -0.3 is 14.2 Å². The van der Waals surface area contributed by atoms with Crippen LogP contribution in [0.3, 0.4) is 0 Å². The van der Waals surface area contributed by atoms with Gasteiger partial charge in [0.15, 0.2) is 5.16 Å². The monoisotopic (exact) mass is 356 g/mol. The van der Waals surface area contributed by atoms with Crippen LogP contribution in [0, 0.1) is 5.82 Å². The van der Waals surface area contributed by atoms with Crippen molar-refractivity contribution in [1.29, 1.82) is 0 Å². The van der Waals surface area contributed by atoms with Gasteiger partial charge in [-0.05, 0) is 28.9 Å². The molecule has 0 aliphatic carbocycles. The fourth-order valence-corrected chi connectivity index (χ4v) is 3.24. The average Bonchev–Trinajstić information content (AvgIpc) is 2.48. The molecule has 1 unspecified atom stereocenters. The summed E-state index contributed by atoms with van der Waals surface area (Å²) < 4.78 is 25.6. The Balaban J connectivity index is 2.28. The number of thioether (sulfide) groups is 1. The molecule has 1 heterocycles. The molecule has 122 valence electrons. The van der Waals surface area contributed by atoms with Gasteiger partial charge >= 0.3 is 11.5 Å². The average molecular weight is 356 g/mol. The molecule has 0 radical (unpaired) electrons. The van der Waals surface area contributed by atoms with E-state index in [1.54, 1.807) is 12.1 Å². The third-order valence-corrected chi connectivity index (χ3v) is 4.78. The minimum atomic E-state index is -1.56. The molecule has 0 saturated carbocycles. The van der Waals surface area contributed by atoms with E-state index in [1.807, 2.05) is 0 Å². The van der Waals surface area contributed by atoms with Crippen LogP contribution in [-0.2, 0) is 28.3 Å². The first kappa shape index (κ1) is 17.5. The van der Waals surface area contributed by atoms with Crippen LogP contribution >= 0.6 is 11.8 Å². The largest absolute Gasteiger partial charge is 0.611 e. The zero-order valence-corrected chi connectivity index (χ0v) is 13.7. The predicted octanol–water partition coefficient (Wildman–Crippen LogP) is 1.50. The Morgan fingerprint density at radius 3 is 2.65 bits per heavy atom. The van der Waals surface area contributed by atoms with E-state index in [1.165, 1.54) is 29.2 Å². The summed E-state index contributed by atoms with van der Waals surface area (Å²) >= 11 is -0.406. The van der Waals surface area contributed by atoms with Gasteiger partial charge in [-0.25, -0.2) is 4.39 Å². The Morgan fingerprint density at radius 1 is 1.43 bits per heavy atom. The number of benzene rings is 1. The van der Waals surface area contributed by atoms with Crippen molar-refractivity contribution in [2.24, 2.45) is 0 Å². The summed E-state index contributed by atoms with van der Waals surface area (Å²) in [6.45, 7) is -0.400. The van der Waals surface area contributed by atoms with Gasteiger partial charge in [-0.1, -0.05) is 23.9 Å². The second-order valence-corrected chi connectivity index (χ2v) is 6.87. The molecule has 2 rings (SSSR count). The van der Waals surface area contributed by atoms with Crippen molar-refractivity contribution in [3.05, 3.63) is 52.2 Å². The molecule has 1 aromatic heterocycles. The Morgan fingerprint density at radius 2 is 2.09 bits per heavy atom. The van der Waals surface area contributed by atoms with E-state index >= 15 is 0 Å². The first-order chi connectivity index (χ1) is 10.9. The fraction of sp³-hybridized carbons (Fsp3) is 0.214. The van der Waals surface area contributed by atoms with Gasteiger partial charge in [0, 0.05) is 5.75 Å². The smallest absolute Gasteiger partial charge is 0.329 e. The molecule has 0 aliphatic heterocycles. The predicted molar refractivity (Wildman–Crippen MR) is 84.4 cm³/mol. The van der Waals surface area contributed by atoms with Crippen LogP contribution in [0.2, 0.25) is 0 Å². The van der Waals surface area contributed by atoms with Crippen LogP contribution in [-0.4, -0.2) is 31.4 Å². The minimum Gasteiger partial charge on any atom is -0.611 e. The lowest BCUT2D eigenvalue weighted by Crippen LogP contribution is -2.23. The minimum absolute atomic E-state index is 0.0441. The zero-order chi connectivity index (χ0) is 17.0. The number of hydrogen-bond acceptors (Lipinski definition) is 5. The topological polar surface area (TPSA) is 95.2 Å². The highest BCUT2D eigenvalue weighted by atomic mass is 32.2. The van der Waals surface area contributed by atoms with Gasteiger partial charge in [0.25, 0.3) is 0 Å². The molecule has 0 spiro atoms. The van der Waals surface area contributed by atoms with Gasteiger partial charge in [-0.2, -0.15) is 4.98 Å². The van der Waals surface area contributed by atoms with Crippen LogP contribution < -0.4 is 5.56 Å². The SMILES string of the molecule is C[S+]([O-])c1cn(CC(=O)O)c(SCc2ccc(F)cc2)nc1=O.